The number of hydrogen-bond donors (Lipinski definition) is 3. The van der Waals surface area contributed by atoms with Gasteiger partial charge in [0.25, 0.3) is 0 Å². The molecule has 150 valence electrons. The molecule has 0 aliphatic rings. The molecule has 11 heteroatoms. The zero-order valence-electron chi connectivity index (χ0n) is 15.0. The molecule has 0 aliphatic carbocycles. The van der Waals surface area contributed by atoms with Crippen LogP contribution in [0.25, 0.3) is 0 Å². The maximum Gasteiger partial charge on any atom is 0.325 e. The van der Waals surface area contributed by atoms with Crippen molar-refractivity contribution in [2.75, 3.05) is 23.1 Å². The number of carbonyl (C=O) groups excluding carboxylic acids is 2. The number of benzene rings is 2. The van der Waals surface area contributed by atoms with Crippen LogP contribution in [0.2, 0.25) is 10.0 Å². The molecule has 8 nitrogen and oxygen atoms in total. The average Bonchev–Trinajstić information content (AvgIpc) is 3.11. The van der Waals surface area contributed by atoms with Crippen LogP contribution in [0, 0.1) is 0 Å². The number of ether oxygens (including phenoxy) is 1. The van der Waals surface area contributed by atoms with Gasteiger partial charge >= 0.3 is 6.03 Å². The van der Waals surface area contributed by atoms with Crippen molar-refractivity contribution < 1.29 is 14.3 Å². The van der Waals surface area contributed by atoms with Crippen molar-refractivity contribution in [3.05, 3.63) is 57.5 Å². The van der Waals surface area contributed by atoms with Crippen LogP contribution in [0.4, 0.5) is 21.3 Å². The lowest BCUT2D eigenvalue weighted by atomic mass is 10.3. The molecule has 3 rings (SSSR count). The summed E-state index contributed by atoms with van der Waals surface area (Å²) in [5, 5.41) is 17.1. The maximum atomic E-state index is 12.1. The third-order valence-corrected chi connectivity index (χ3v) is 4.94. The highest BCUT2D eigenvalue weighted by Crippen LogP contribution is 2.25. The van der Waals surface area contributed by atoms with Gasteiger partial charge in [0.15, 0.2) is 0 Å². The standard InChI is InChI=1S/C18H15Cl2N5O3S/c1-28-12-5-3-11(4-6-12)21-15(26)9-16-24-25-18(29-16)23-17(27)22-14-7-2-10(19)8-13(14)20/h2-8H,9H2,1H3,(H,21,26)(H2,22,23,25,27). The Labute approximate surface area is 180 Å². The second kappa shape index (κ2) is 9.55. The van der Waals surface area contributed by atoms with E-state index < -0.39 is 6.03 Å². The van der Waals surface area contributed by atoms with Crippen LogP contribution in [-0.4, -0.2) is 29.2 Å². The molecule has 29 heavy (non-hydrogen) atoms. The van der Waals surface area contributed by atoms with Gasteiger partial charge in [-0.2, -0.15) is 0 Å². The Balaban J connectivity index is 1.52. The van der Waals surface area contributed by atoms with Gasteiger partial charge in [0.05, 0.1) is 24.2 Å². The molecule has 0 saturated heterocycles. The maximum absolute atomic E-state index is 12.1. The van der Waals surface area contributed by atoms with Gasteiger partial charge in [-0.3, -0.25) is 10.1 Å². The lowest BCUT2D eigenvalue weighted by Crippen LogP contribution is -2.19. The molecule has 0 unspecified atom stereocenters. The molecule has 0 fully saturated rings. The summed E-state index contributed by atoms with van der Waals surface area (Å²) in [6.07, 6.45) is 0.0238. The molecular formula is C18H15Cl2N5O3S. The predicted molar refractivity (Wildman–Crippen MR) is 114 cm³/mol. The highest BCUT2D eigenvalue weighted by atomic mass is 35.5. The number of amides is 3. The Morgan fingerprint density at radius 1 is 1.03 bits per heavy atom. The van der Waals surface area contributed by atoms with Crippen LogP contribution in [0.15, 0.2) is 42.5 Å². The van der Waals surface area contributed by atoms with E-state index in [1.807, 2.05) is 0 Å². The van der Waals surface area contributed by atoms with Gasteiger partial charge in [0.2, 0.25) is 11.0 Å². The Hall–Kier alpha value is -2.88. The summed E-state index contributed by atoms with van der Waals surface area (Å²) in [5.41, 5.74) is 1.04. The summed E-state index contributed by atoms with van der Waals surface area (Å²) in [5.74, 6) is 0.441. The van der Waals surface area contributed by atoms with Gasteiger partial charge in [-0.05, 0) is 42.5 Å². The zero-order valence-corrected chi connectivity index (χ0v) is 17.4. The number of rotatable bonds is 6. The first kappa shape index (κ1) is 20.8. The minimum Gasteiger partial charge on any atom is -0.497 e. The number of halogens is 2. The van der Waals surface area contributed by atoms with E-state index in [1.54, 1.807) is 43.5 Å². The second-order valence-electron chi connectivity index (χ2n) is 5.66. The van der Waals surface area contributed by atoms with Gasteiger partial charge in [-0.15, -0.1) is 10.2 Å². The summed E-state index contributed by atoms with van der Waals surface area (Å²) < 4.78 is 5.07. The number of urea groups is 1. The minimum absolute atomic E-state index is 0.0238. The van der Waals surface area contributed by atoms with Crippen LogP contribution in [-0.2, 0) is 11.2 Å². The molecule has 1 aromatic heterocycles. The van der Waals surface area contributed by atoms with Crippen molar-refractivity contribution in [2.45, 2.75) is 6.42 Å². The van der Waals surface area contributed by atoms with Crippen molar-refractivity contribution in [1.82, 2.24) is 10.2 Å². The predicted octanol–water partition coefficient (Wildman–Crippen LogP) is 4.68. The van der Waals surface area contributed by atoms with E-state index in [0.29, 0.717) is 32.2 Å². The zero-order chi connectivity index (χ0) is 20.8. The van der Waals surface area contributed by atoms with Crippen LogP contribution >= 0.6 is 34.5 Å². The molecule has 3 aromatic rings. The Kier molecular flexibility index (Phi) is 6.86. The van der Waals surface area contributed by atoms with Crippen molar-refractivity contribution in [3.63, 3.8) is 0 Å². The smallest absolute Gasteiger partial charge is 0.325 e. The van der Waals surface area contributed by atoms with Gasteiger partial charge in [-0.25, -0.2) is 4.79 Å². The third-order valence-electron chi connectivity index (χ3n) is 3.55. The topological polar surface area (TPSA) is 105 Å². The Morgan fingerprint density at radius 3 is 2.48 bits per heavy atom. The highest BCUT2D eigenvalue weighted by molar-refractivity contribution is 7.15. The fourth-order valence-corrected chi connectivity index (χ4v) is 3.42. The summed E-state index contributed by atoms with van der Waals surface area (Å²) >= 11 is 12.9. The molecule has 3 amide bonds. The number of aromatic nitrogens is 2. The molecule has 0 aliphatic heterocycles. The number of methoxy groups -OCH3 is 1. The number of carbonyl (C=O) groups is 2. The quantitative estimate of drug-likeness (QED) is 0.504. The van der Waals surface area contributed by atoms with Crippen molar-refractivity contribution in [3.8, 4) is 5.75 Å². The molecule has 0 spiro atoms. The molecule has 3 N–H and O–H groups in total. The Morgan fingerprint density at radius 2 is 1.79 bits per heavy atom. The van der Waals surface area contributed by atoms with Gasteiger partial charge in [-0.1, -0.05) is 34.5 Å². The van der Waals surface area contributed by atoms with E-state index in [9.17, 15) is 9.59 Å². The molecule has 0 radical (unpaired) electrons. The van der Waals surface area contributed by atoms with Gasteiger partial charge < -0.3 is 15.4 Å². The molecule has 1 heterocycles. The van der Waals surface area contributed by atoms with Gasteiger partial charge in [0, 0.05) is 10.7 Å². The van der Waals surface area contributed by atoms with Crippen molar-refractivity contribution >= 4 is 63.0 Å². The fourth-order valence-electron chi connectivity index (χ4n) is 2.23. The molecule has 0 saturated carbocycles. The number of nitrogens with zero attached hydrogens (tertiary/aromatic N) is 2. The number of nitrogens with one attached hydrogen (secondary N) is 3. The van der Waals surface area contributed by atoms with E-state index >= 15 is 0 Å². The fraction of sp³-hybridized carbons (Fsp3) is 0.111. The molecular weight excluding hydrogens is 437 g/mol. The lowest BCUT2D eigenvalue weighted by Gasteiger charge is -2.07. The van der Waals surface area contributed by atoms with Crippen molar-refractivity contribution in [2.24, 2.45) is 0 Å². The first-order valence-electron chi connectivity index (χ1n) is 8.22. The van der Waals surface area contributed by atoms with E-state index in [0.717, 1.165) is 11.3 Å². The molecule has 2 aromatic carbocycles. The average molecular weight is 452 g/mol. The largest absolute Gasteiger partial charge is 0.497 e. The number of anilines is 3. The molecule has 0 atom stereocenters. The van der Waals surface area contributed by atoms with Crippen LogP contribution < -0.4 is 20.7 Å². The SMILES string of the molecule is COc1ccc(NC(=O)Cc2nnc(NC(=O)Nc3ccc(Cl)cc3Cl)s2)cc1. The van der Waals surface area contributed by atoms with E-state index in [1.165, 1.54) is 6.07 Å². The van der Waals surface area contributed by atoms with E-state index in [-0.39, 0.29) is 17.5 Å². The lowest BCUT2D eigenvalue weighted by molar-refractivity contribution is -0.115. The Bertz CT molecular complexity index is 1030. The normalized spacial score (nSPS) is 10.3. The van der Waals surface area contributed by atoms with Crippen LogP contribution in [0.1, 0.15) is 5.01 Å². The summed E-state index contributed by atoms with van der Waals surface area (Å²) in [6.45, 7) is 0. The van der Waals surface area contributed by atoms with Crippen molar-refractivity contribution in [1.29, 1.82) is 0 Å². The highest BCUT2D eigenvalue weighted by Gasteiger charge is 2.13. The van der Waals surface area contributed by atoms with E-state index in [2.05, 4.69) is 26.1 Å². The molecule has 0 bridgehead atoms. The summed E-state index contributed by atoms with van der Waals surface area (Å²) in [7, 11) is 1.57. The minimum atomic E-state index is -0.542. The summed E-state index contributed by atoms with van der Waals surface area (Å²) in [6, 6.07) is 11.1. The third kappa shape index (κ3) is 6.05. The number of hydrogen-bond acceptors (Lipinski definition) is 6. The first-order valence-corrected chi connectivity index (χ1v) is 9.79. The van der Waals surface area contributed by atoms with E-state index in [4.69, 9.17) is 27.9 Å². The summed E-state index contributed by atoms with van der Waals surface area (Å²) in [4.78, 5) is 24.2. The van der Waals surface area contributed by atoms with Crippen LogP contribution in [0.3, 0.4) is 0 Å². The second-order valence-corrected chi connectivity index (χ2v) is 7.56. The monoisotopic (exact) mass is 451 g/mol. The first-order chi connectivity index (χ1) is 13.9. The van der Waals surface area contributed by atoms with Gasteiger partial charge in [0.1, 0.15) is 10.8 Å². The van der Waals surface area contributed by atoms with Crippen LogP contribution in [0.5, 0.6) is 5.75 Å².